The second kappa shape index (κ2) is 4.08. The van der Waals surface area contributed by atoms with E-state index in [2.05, 4.69) is 0 Å². The average molecular weight is 321 g/mol. The Labute approximate surface area is 143 Å². The molecular formula is C18H21NO4. The molecule has 5 heteroatoms. The number of nitrogens with zero attached hydrogens (tertiary/aromatic N) is 1. The second-order valence-corrected chi connectivity index (χ2v) is 6.74. The summed E-state index contributed by atoms with van der Waals surface area (Å²) >= 11 is 0. The minimum Gasteiger partial charge on any atom is -0.493 e. The van der Waals surface area contributed by atoms with Crippen molar-refractivity contribution in [2.45, 2.75) is 48.8 Å². The molecule has 5 rings (SSSR count). The van der Waals surface area contributed by atoms with Gasteiger partial charge < -0.3 is 19.5 Å². The van der Waals surface area contributed by atoms with Crippen LogP contribution in [-0.4, -0.2) is 54.1 Å². The molecule has 0 amide bonds. The van der Waals surface area contributed by atoms with Crippen molar-refractivity contribution in [3.8, 4) is 11.5 Å². The maximum Gasteiger partial charge on any atom is 0.174 e. The van der Waals surface area contributed by atoms with Gasteiger partial charge in [0.2, 0.25) is 0 Å². The predicted molar refractivity (Wildman–Crippen MR) is 83.0 cm³/mol. The number of methoxy groups -OCH3 is 1. The van der Waals surface area contributed by atoms with Crippen molar-refractivity contribution >= 4 is 5.78 Å². The first-order valence-corrected chi connectivity index (χ1v) is 7.77. The smallest absolute Gasteiger partial charge is 0.174 e. The van der Waals surface area contributed by atoms with E-state index in [1.54, 1.807) is 12.1 Å². The number of carbonyl (C=O) groups excluding carboxylic acids is 1. The molecule has 1 unspecified atom stereocenters. The Bertz CT molecular complexity index is 951. The number of hydrogen-bond donors (Lipinski definition) is 1. The first-order chi connectivity index (χ1) is 13.3. The summed E-state index contributed by atoms with van der Waals surface area (Å²) in [5.41, 5.74) is -2.36. The Morgan fingerprint density at radius 3 is 3.22 bits per heavy atom. The van der Waals surface area contributed by atoms with Gasteiger partial charge in [0.05, 0.1) is 19.5 Å². The molecule has 1 aromatic rings. The molecule has 1 aromatic carbocycles. The largest absolute Gasteiger partial charge is 0.493 e. The number of hydrogen-bond acceptors (Lipinski definition) is 5. The van der Waals surface area contributed by atoms with Gasteiger partial charge in [0.1, 0.15) is 0 Å². The first-order valence-electron chi connectivity index (χ1n) is 10.8. The molecular weight excluding hydrogens is 294 g/mol. The summed E-state index contributed by atoms with van der Waals surface area (Å²) in [6.45, 7) is -2.48. The monoisotopic (exact) mass is 321 g/mol. The van der Waals surface area contributed by atoms with Gasteiger partial charge in [-0.25, -0.2) is 0 Å². The van der Waals surface area contributed by atoms with Crippen LogP contribution in [0.3, 0.4) is 0 Å². The van der Waals surface area contributed by atoms with Gasteiger partial charge in [-0.15, -0.1) is 0 Å². The molecule has 1 saturated carbocycles. The molecule has 2 aliphatic heterocycles. The van der Waals surface area contributed by atoms with Crippen molar-refractivity contribution in [3.63, 3.8) is 0 Å². The predicted octanol–water partition coefficient (Wildman–Crippen LogP) is 1.05. The third-order valence-corrected chi connectivity index (χ3v) is 5.98. The van der Waals surface area contributed by atoms with E-state index in [0.717, 1.165) is 0 Å². The number of piperidine rings is 1. The Kier molecular flexibility index (Phi) is 1.60. The zero-order valence-electron chi connectivity index (χ0n) is 18.7. The van der Waals surface area contributed by atoms with Crippen molar-refractivity contribution in [1.82, 2.24) is 4.90 Å². The standard InChI is InChI=1S/C18H21NO4/c1-19-8-7-17-14-10-3-4-12(22-2)15(14)23-16(17)11(20)5-6-18(17,21)13(19)9-10/h3-4,13,16,21H,5-9H2,1-2H3/t13-,16?,17+,18-/m1/s1/i1D3,5D2,16D. The number of aliphatic hydroxyl groups is 1. The van der Waals surface area contributed by atoms with E-state index in [1.165, 1.54) is 12.0 Å². The molecule has 4 aliphatic rings. The summed E-state index contributed by atoms with van der Waals surface area (Å²) in [5, 5.41) is 12.0. The molecule has 0 radical (unpaired) electrons. The van der Waals surface area contributed by atoms with Gasteiger partial charge in [-0.1, -0.05) is 6.07 Å². The second-order valence-electron chi connectivity index (χ2n) is 6.74. The van der Waals surface area contributed by atoms with Crippen LogP contribution in [0.15, 0.2) is 12.1 Å². The van der Waals surface area contributed by atoms with E-state index in [1.807, 2.05) is 0 Å². The SMILES string of the molecule is [2H]C1([2H])C[C@@]2(O)[C@H]3Cc4ccc(OC)c5c4[C@@]2(CCN3C([2H])([2H])[2H])C([2H])(O5)C1=O. The number of ketones is 1. The molecule has 4 atom stereocenters. The number of likely N-dealkylation sites (N-methyl/N-ethyl adjacent to an activating group) is 1. The number of rotatable bonds is 1. The number of ether oxygens (including phenoxy) is 2. The van der Waals surface area contributed by atoms with E-state index in [4.69, 9.17) is 17.7 Å². The van der Waals surface area contributed by atoms with E-state index in [0.29, 0.717) is 16.9 Å². The summed E-state index contributed by atoms with van der Waals surface area (Å²) in [6.07, 6.45) is -5.41. The van der Waals surface area contributed by atoms with E-state index >= 15 is 0 Å². The molecule has 2 fully saturated rings. The zero-order valence-corrected chi connectivity index (χ0v) is 12.7. The number of likely N-dealkylation sites (tertiary alicyclic amines) is 1. The average Bonchev–Trinajstić information content (AvgIpc) is 2.86. The summed E-state index contributed by atoms with van der Waals surface area (Å²) in [5.74, 6) is -0.585. The molecule has 0 aromatic heterocycles. The molecule has 2 heterocycles. The van der Waals surface area contributed by atoms with Gasteiger partial charge in [0.25, 0.3) is 0 Å². The van der Waals surface area contributed by atoms with Crippen LogP contribution in [0.25, 0.3) is 0 Å². The van der Waals surface area contributed by atoms with Crippen LogP contribution in [-0.2, 0) is 16.6 Å². The Morgan fingerprint density at radius 2 is 2.43 bits per heavy atom. The minimum atomic E-state index is -2.54. The molecule has 1 spiro atoms. The molecule has 23 heavy (non-hydrogen) atoms. The van der Waals surface area contributed by atoms with Gasteiger partial charge in [-0.2, -0.15) is 0 Å². The molecule has 1 N–H and O–H groups in total. The van der Waals surface area contributed by atoms with Gasteiger partial charge in [0.15, 0.2) is 23.4 Å². The fourth-order valence-corrected chi connectivity index (χ4v) is 4.95. The lowest BCUT2D eigenvalue weighted by atomic mass is 9.49. The quantitative estimate of drug-likeness (QED) is 0.838. The Balaban J connectivity index is 1.87. The fourth-order valence-electron chi connectivity index (χ4n) is 4.95. The molecule has 2 aliphatic carbocycles. The lowest BCUT2D eigenvalue weighted by Gasteiger charge is -2.62. The van der Waals surface area contributed by atoms with Crippen LogP contribution >= 0.6 is 0 Å². The van der Waals surface area contributed by atoms with Crippen LogP contribution in [0, 0.1) is 0 Å². The van der Waals surface area contributed by atoms with Crippen molar-refractivity contribution in [2.75, 3.05) is 20.6 Å². The van der Waals surface area contributed by atoms with E-state index in [9.17, 15) is 9.90 Å². The molecule has 1 saturated heterocycles. The van der Waals surface area contributed by atoms with Crippen LogP contribution < -0.4 is 9.47 Å². The highest BCUT2D eigenvalue weighted by molar-refractivity contribution is 5.90. The van der Waals surface area contributed by atoms with Crippen molar-refractivity contribution in [1.29, 1.82) is 0 Å². The highest BCUT2D eigenvalue weighted by atomic mass is 16.5. The third-order valence-electron chi connectivity index (χ3n) is 5.98. The topological polar surface area (TPSA) is 59.0 Å². The maximum atomic E-state index is 13.2. The Morgan fingerprint density at radius 1 is 1.57 bits per heavy atom. The molecule has 122 valence electrons. The van der Waals surface area contributed by atoms with Gasteiger partial charge in [0, 0.05) is 24.8 Å². The zero-order chi connectivity index (χ0) is 21.2. The summed E-state index contributed by atoms with van der Waals surface area (Å²) in [4.78, 5) is 14.4. The van der Waals surface area contributed by atoms with Gasteiger partial charge >= 0.3 is 0 Å². The summed E-state index contributed by atoms with van der Waals surface area (Å²) in [7, 11) is 1.42. The van der Waals surface area contributed by atoms with Crippen LogP contribution in [0.4, 0.5) is 0 Å². The van der Waals surface area contributed by atoms with Crippen LogP contribution in [0.1, 0.15) is 38.6 Å². The highest BCUT2D eigenvalue weighted by Gasteiger charge is 2.72. The molecule has 2 bridgehead atoms. The normalized spacial score (nSPS) is 50.3. The van der Waals surface area contributed by atoms with Crippen molar-refractivity contribution < 1.29 is 27.6 Å². The van der Waals surface area contributed by atoms with Gasteiger partial charge in [-0.05, 0) is 44.4 Å². The lowest BCUT2D eigenvalue weighted by Crippen LogP contribution is -2.76. The van der Waals surface area contributed by atoms with Crippen LogP contribution in [0.2, 0.25) is 0 Å². The molecule has 5 nitrogen and oxygen atoms in total. The highest BCUT2D eigenvalue weighted by Crippen LogP contribution is 2.64. The lowest BCUT2D eigenvalue weighted by molar-refractivity contribution is -0.185. The van der Waals surface area contributed by atoms with Crippen molar-refractivity contribution in [3.05, 3.63) is 23.3 Å². The number of Topliss-reactive ketones (excluding diaryl/α,β-unsaturated/α-hetero) is 1. The Hall–Kier alpha value is -1.59. The summed E-state index contributed by atoms with van der Waals surface area (Å²) in [6, 6.07) is 2.40. The number of carbonyl (C=O) groups is 1. The minimum absolute atomic E-state index is 0.0170. The van der Waals surface area contributed by atoms with Crippen LogP contribution in [0.5, 0.6) is 11.5 Å². The number of benzene rings is 1. The first kappa shape index (κ1) is 9.04. The van der Waals surface area contributed by atoms with E-state index in [-0.39, 0.29) is 25.1 Å². The maximum absolute atomic E-state index is 13.2. The van der Waals surface area contributed by atoms with E-state index < -0.39 is 48.7 Å². The summed E-state index contributed by atoms with van der Waals surface area (Å²) < 4.78 is 60.6. The third kappa shape index (κ3) is 1.32. The van der Waals surface area contributed by atoms with Gasteiger partial charge in [-0.3, -0.25) is 4.79 Å². The van der Waals surface area contributed by atoms with Crippen molar-refractivity contribution in [2.24, 2.45) is 0 Å². The fraction of sp³-hybridized carbons (Fsp3) is 0.611.